The SMILES string of the molecule is CC(C)N(CCOc1ncc(N)cn1)C(C)C. The maximum atomic E-state index is 5.49. The minimum Gasteiger partial charge on any atom is -0.462 e. The van der Waals surface area contributed by atoms with Crippen LogP contribution in [0.4, 0.5) is 5.69 Å². The summed E-state index contributed by atoms with van der Waals surface area (Å²) in [5.41, 5.74) is 6.04. The van der Waals surface area contributed by atoms with Crippen molar-refractivity contribution in [1.82, 2.24) is 14.9 Å². The molecule has 0 aromatic carbocycles. The molecule has 5 nitrogen and oxygen atoms in total. The molecule has 1 heterocycles. The molecular weight excluding hydrogens is 216 g/mol. The van der Waals surface area contributed by atoms with Crippen molar-refractivity contribution in [1.29, 1.82) is 0 Å². The minimum absolute atomic E-state index is 0.381. The Morgan fingerprint density at radius 2 is 1.71 bits per heavy atom. The van der Waals surface area contributed by atoms with E-state index in [0.717, 1.165) is 6.54 Å². The normalized spacial score (nSPS) is 11.5. The van der Waals surface area contributed by atoms with Crippen LogP contribution in [0.25, 0.3) is 0 Å². The van der Waals surface area contributed by atoms with Crippen molar-refractivity contribution in [2.24, 2.45) is 0 Å². The Hall–Kier alpha value is -1.36. The van der Waals surface area contributed by atoms with Crippen LogP contribution in [0.15, 0.2) is 12.4 Å². The Kier molecular flexibility index (Phi) is 5.15. The van der Waals surface area contributed by atoms with Gasteiger partial charge in [-0.25, -0.2) is 9.97 Å². The van der Waals surface area contributed by atoms with Crippen LogP contribution in [0.2, 0.25) is 0 Å². The standard InChI is InChI=1S/C12H22N4O/c1-9(2)16(10(3)4)5-6-17-12-14-7-11(13)8-15-12/h7-10H,5-6,13H2,1-4H3. The van der Waals surface area contributed by atoms with Gasteiger partial charge in [0.2, 0.25) is 0 Å². The number of ether oxygens (including phenoxy) is 1. The molecule has 0 unspecified atom stereocenters. The lowest BCUT2D eigenvalue weighted by molar-refractivity contribution is 0.138. The van der Waals surface area contributed by atoms with Crippen molar-refractivity contribution in [2.45, 2.75) is 39.8 Å². The molecule has 0 aliphatic rings. The Morgan fingerprint density at radius 1 is 1.18 bits per heavy atom. The fourth-order valence-corrected chi connectivity index (χ4v) is 1.76. The maximum Gasteiger partial charge on any atom is 0.316 e. The highest BCUT2D eigenvalue weighted by Crippen LogP contribution is 2.06. The number of nitrogen functional groups attached to an aromatic ring is 1. The third kappa shape index (κ3) is 4.56. The Labute approximate surface area is 103 Å². The van der Waals surface area contributed by atoms with Gasteiger partial charge in [0.05, 0.1) is 18.1 Å². The van der Waals surface area contributed by atoms with Gasteiger partial charge in [0.15, 0.2) is 0 Å². The van der Waals surface area contributed by atoms with E-state index in [9.17, 15) is 0 Å². The number of nitrogens with two attached hydrogens (primary N) is 1. The Morgan fingerprint density at radius 3 is 2.18 bits per heavy atom. The zero-order chi connectivity index (χ0) is 12.8. The van der Waals surface area contributed by atoms with E-state index in [0.29, 0.717) is 30.4 Å². The minimum atomic E-state index is 0.381. The van der Waals surface area contributed by atoms with Gasteiger partial charge < -0.3 is 10.5 Å². The topological polar surface area (TPSA) is 64.3 Å². The smallest absolute Gasteiger partial charge is 0.316 e. The second-order valence-corrected chi connectivity index (χ2v) is 4.57. The number of hydrogen-bond donors (Lipinski definition) is 1. The largest absolute Gasteiger partial charge is 0.462 e. The van der Waals surface area contributed by atoms with Crippen LogP contribution in [0, 0.1) is 0 Å². The summed E-state index contributed by atoms with van der Waals surface area (Å²) in [5, 5.41) is 0. The summed E-state index contributed by atoms with van der Waals surface area (Å²) in [6.45, 7) is 10.2. The van der Waals surface area contributed by atoms with Gasteiger partial charge in [-0.1, -0.05) is 0 Å². The molecule has 2 N–H and O–H groups in total. The number of rotatable bonds is 6. The number of nitrogens with zero attached hydrogens (tertiary/aromatic N) is 3. The summed E-state index contributed by atoms with van der Waals surface area (Å²) in [6.07, 6.45) is 3.09. The molecule has 0 amide bonds. The summed E-state index contributed by atoms with van der Waals surface area (Å²) in [6, 6.07) is 1.39. The second kappa shape index (κ2) is 6.39. The van der Waals surface area contributed by atoms with Crippen LogP contribution < -0.4 is 10.5 Å². The molecule has 17 heavy (non-hydrogen) atoms. The molecule has 1 rings (SSSR count). The summed E-state index contributed by atoms with van der Waals surface area (Å²) in [7, 11) is 0. The Bertz CT molecular complexity index is 316. The molecule has 5 heteroatoms. The molecular formula is C12H22N4O. The van der Waals surface area contributed by atoms with Crippen LogP contribution in [-0.4, -0.2) is 40.1 Å². The van der Waals surface area contributed by atoms with Crippen molar-refractivity contribution in [2.75, 3.05) is 18.9 Å². The van der Waals surface area contributed by atoms with Gasteiger partial charge in [0.25, 0.3) is 0 Å². The fourth-order valence-electron chi connectivity index (χ4n) is 1.76. The summed E-state index contributed by atoms with van der Waals surface area (Å²) >= 11 is 0. The van der Waals surface area contributed by atoms with Crippen molar-refractivity contribution < 1.29 is 4.74 Å². The first-order valence-corrected chi connectivity index (χ1v) is 5.96. The molecule has 1 aromatic rings. The van der Waals surface area contributed by atoms with Crippen LogP contribution in [0.3, 0.4) is 0 Å². The molecule has 0 fully saturated rings. The van der Waals surface area contributed by atoms with Gasteiger partial charge in [-0.2, -0.15) is 0 Å². The van der Waals surface area contributed by atoms with Crippen molar-refractivity contribution in [3.63, 3.8) is 0 Å². The van der Waals surface area contributed by atoms with Crippen molar-refractivity contribution in [3.8, 4) is 6.01 Å². The summed E-state index contributed by atoms with van der Waals surface area (Å²) in [4.78, 5) is 10.3. The number of anilines is 1. The van der Waals surface area contributed by atoms with E-state index in [1.54, 1.807) is 12.4 Å². The van der Waals surface area contributed by atoms with Gasteiger partial charge in [0, 0.05) is 18.6 Å². The monoisotopic (exact) mass is 238 g/mol. The van der Waals surface area contributed by atoms with Gasteiger partial charge in [-0.15, -0.1) is 0 Å². The van der Waals surface area contributed by atoms with E-state index >= 15 is 0 Å². The second-order valence-electron chi connectivity index (χ2n) is 4.57. The zero-order valence-electron chi connectivity index (χ0n) is 11.1. The third-order valence-corrected chi connectivity index (χ3v) is 2.56. The van der Waals surface area contributed by atoms with Crippen LogP contribution >= 0.6 is 0 Å². The predicted molar refractivity (Wildman–Crippen MR) is 68.9 cm³/mol. The molecule has 0 aliphatic carbocycles. The van der Waals surface area contributed by atoms with E-state index < -0.39 is 0 Å². The highest BCUT2D eigenvalue weighted by atomic mass is 16.5. The quantitative estimate of drug-likeness (QED) is 0.814. The molecule has 96 valence electrons. The van der Waals surface area contributed by atoms with Crippen LogP contribution in [0.1, 0.15) is 27.7 Å². The molecule has 0 saturated carbocycles. The molecule has 0 saturated heterocycles. The highest BCUT2D eigenvalue weighted by molar-refractivity contribution is 5.30. The summed E-state index contributed by atoms with van der Waals surface area (Å²) in [5.74, 6) is 0. The number of hydrogen-bond acceptors (Lipinski definition) is 5. The lowest BCUT2D eigenvalue weighted by Gasteiger charge is -2.30. The first kappa shape index (κ1) is 13.7. The lowest BCUT2D eigenvalue weighted by Crippen LogP contribution is -2.39. The Balaban J connectivity index is 2.38. The molecule has 0 aliphatic heterocycles. The van der Waals surface area contributed by atoms with E-state index in [1.165, 1.54) is 0 Å². The zero-order valence-corrected chi connectivity index (χ0v) is 11.1. The average Bonchev–Trinajstić information content (AvgIpc) is 2.25. The lowest BCUT2D eigenvalue weighted by atomic mass is 10.2. The first-order chi connectivity index (χ1) is 8.00. The van der Waals surface area contributed by atoms with Crippen LogP contribution in [-0.2, 0) is 0 Å². The van der Waals surface area contributed by atoms with Gasteiger partial charge in [-0.05, 0) is 27.7 Å². The molecule has 0 spiro atoms. The average molecular weight is 238 g/mol. The van der Waals surface area contributed by atoms with E-state index in [-0.39, 0.29) is 0 Å². The molecule has 0 bridgehead atoms. The van der Waals surface area contributed by atoms with Gasteiger partial charge >= 0.3 is 6.01 Å². The van der Waals surface area contributed by atoms with Crippen molar-refractivity contribution in [3.05, 3.63) is 12.4 Å². The first-order valence-electron chi connectivity index (χ1n) is 5.96. The van der Waals surface area contributed by atoms with Gasteiger partial charge in [-0.3, -0.25) is 4.90 Å². The molecule has 0 atom stereocenters. The van der Waals surface area contributed by atoms with Crippen LogP contribution in [0.5, 0.6) is 6.01 Å². The highest BCUT2D eigenvalue weighted by Gasteiger charge is 2.12. The third-order valence-electron chi connectivity index (χ3n) is 2.56. The molecule has 0 radical (unpaired) electrons. The predicted octanol–water partition coefficient (Wildman–Crippen LogP) is 1.56. The maximum absolute atomic E-state index is 5.49. The number of aromatic nitrogens is 2. The van der Waals surface area contributed by atoms with Crippen molar-refractivity contribution >= 4 is 5.69 Å². The molecule has 1 aromatic heterocycles. The van der Waals surface area contributed by atoms with Gasteiger partial charge in [0.1, 0.15) is 6.61 Å². The fraction of sp³-hybridized carbons (Fsp3) is 0.667. The van der Waals surface area contributed by atoms with E-state index in [1.807, 2.05) is 0 Å². The van der Waals surface area contributed by atoms with E-state index in [4.69, 9.17) is 10.5 Å². The van der Waals surface area contributed by atoms with E-state index in [2.05, 4.69) is 42.6 Å². The summed E-state index contributed by atoms with van der Waals surface area (Å²) < 4.78 is 5.47.